The largest absolute Gasteiger partial charge is 0.417 e. The van der Waals surface area contributed by atoms with Gasteiger partial charge in [0.25, 0.3) is 5.91 Å². The van der Waals surface area contributed by atoms with E-state index in [1.54, 1.807) is 13.0 Å². The molecule has 0 radical (unpaired) electrons. The fraction of sp³-hybridized carbons (Fsp3) is 0.222. The second kappa shape index (κ2) is 8.83. The summed E-state index contributed by atoms with van der Waals surface area (Å²) in [5.41, 5.74) is 1.55. The second-order valence-electron chi connectivity index (χ2n) is 6.03. The summed E-state index contributed by atoms with van der Waals surface area (Å²) in [6, 6.07) is 9.30. The van der Waals surface area contributed by atoms with Crippen LogP contribution in [0.25, 0.3) is 0 Å². The molecule has 0 aromatic heterocycles. The van der Waals surface area contributed by atoms with Crippen molar-refractivity contribution in [2.75, 3.05) is 17.1 Å². The monoisotopic (exact) mass is 447 g/mol. The molecule has 29 heavy (non-hydrogen) atoms. The summed E-state index contributed by atoms with van der Waals surface area (Å²) in [5.74, 6) is -0.837. The molecular weight excluding hydrogens is 431 g/mol. The van der Waals surface area contributed by atoms with E-state index in [0.717, 1.165) is 22.8 Å². The first-order valence-corrected chi connectivity index (χ1v) is 10.3. The minimum Gasteiger partial charge on any atom is -0.271 e. The Morgan fingerprint density at radius 1 is 1.21 bits per heavy atom. The number of halogens is 4. The first-order chi connectivity index (χ1) is 13.4. The van der Waals surface area contributed by atoms with E-state index >= 15 is 0 Å². The number of carbonyl (C=O) groups is 1. The zero-order chi connectivity index (χ0) is 21.8. The van der Waals surface area contributed by atoms with Crippen molar-refractivity contribution in [2.45, 2.75) is 13.1 Å². The van der Waals surface area contributed by atoms with Crippen molar-refractivity contribution < 1.29 is 26.4 Å². The number of amides is 1. The Hall–Kier alpha value is -2.59. The fourth-order valence-electron chi connectivity index (χ4n) is 2.45. The lowest BCUT2D eigenvalue weighted by molar-refractivity contribution is -0.137. The molecule has 0 aliphatic rings. The highest BCUT2D eigenvalue weighted by molar-refractivity contribution is 7.92. The second-order valence-corrected chi connectivity index (χ2v) is 8.35. The Morgan fingerprint density at radius 2 is 1.86 bits per heavy atom. The number of nitrogens with zero attached hydrogens (tertiary/aromatic N) is 2. The van der Waals surface area contributed by atoms with Crippen LogP contribution in [0.15, 0.2) is 47.6 Å². The molecule has 0 unspecified atom stereocenters. The van der Waals surface area contributed by atoms with Gasteiger partial charge in [-0.25, -0.2) is 13.8 Å². The molecule has 0 spiro atoms. The summed E-state index contributed by atoms with van der Waals surface area (Å²) >= 11 is 6.01. The van der Waals surface area contributed by atoms with Crippen molar-refractivity contribution in [2.24, 2.45) is 5.10 Å². The van der Waals surface area contributed by atoms with Crippen LogP contribution in [-0.2, 0) is 21.0 Å². The van der Waals surface area contributed by atoms with E-state index in [-0.39, 0.29) is 11.3 Å². The van der Waals surface area contributed by atoms with E-state index in [2.05, 4.69) is 5.10 Å². The van der Waals surface area contributed by atoms with Crippen LogP contribution in [0.3, 0.4) is 0 Å². The third kappa shape index (κ3) is 5.94. The lowest BCUT2D eigenvalue weighted by Crippen LogP contribution is -2.39. The van der Waals surface area contributed by atoms with E-state index in [4.69, 9.17) is 11.6 Å². The molecule has 0 aliphatic heterocycles. The van der Waals surface area contributed by atoms with Gasteiger partial charge in [0, 0.05) is 10.6 Å². The van der Waals surface area contributed by atoms with Gasteiger partial charge in [0.1, 0.15) is 6.54 Å². The predicted octanol–water partition coefficient (Wildman–Crippen LogP) is 3.58. The molecule has 0 atom stereocenters. The van der Waals surface area contributed by atoms with Crippen molar-refractivity contribution in [3.8, 4) is 0 Å². The van der Waals surface area contributed by atoms with Gasteiger partial charge < -0.3 is 0 Å². The number of alkyl halides is 3. The lowest BCUT2D eigenvalue weighted by Gasteiger charge is -2.23. The van der Waals surface area contributed by atoms with Gasteiger partial charge in [-0.2, -0.15) is 18.3 Å². The Balaban J connectivity index is 2.19. The van der Waals surface area contributed by atoms with Gasteiger partial charge >= 0.3 is 6.18 Å². The Morgan fingerprint density at radius 3 is 2.48 bits per heavy atom. The molecule has 156 valence electrons. The molecule has 0 fully saturated rings. The SMILES string of the molecule is Cc1c(Cl)cccc1N(CC(=O)N/N=C\c1ccccc1C(F)(F)F)S(C)(=O)=O. The van der Waals surface area contributed by atoms with Gasteiger partial charge in [-0.05, 0) is 30.7 Å². The summed E-state index contributed by atoms with van der Waals surface area (Å²) in [5, 5.41) is 3.83. The number of rotatable bonds is 6. The van der Waals surface area contributed by atoms with Crippen LogP contribution in [0, 0.1) is 6.92 Å². The third-order valence-corrected chi connectivity index (χ3v) is 5.39. The average Bonchev–Trinajstić information content (AvgIpc) is 2.61. The maximum absolute atomic E-state index is 13.0. The summed E-state index contributed by atoms with van der Waals surface area (Å²) in [6.07, 6.45) is -2.82. The molecule has 11 heteroatoms. The normalized spacial score (nSPS) is 12.2. The van der Waals surface area contributed by atoms with E-state index < -0.39 is 34.2 Å². The number of anilines is 1. The first kappa shape index (κ1) is 22.7. The molecule has 6 nitrogen and oxygen atoms in total. The van der Waals surface area contributed by atoms with Crippen LogP contribution >= 0.6 is 11.6 Å². The van der Waals surface area contributed by atoms with Gasteiger partial charge in [-0.1, -0.05) is 35.9 Å². The Kier molecular flexibility index (Phi) is 6.91. The van der Waals surface area contributed by atoms with Crippen molar-refractivity contribution in [1.82, 2.24) is 5.43 Å². The number of hydrogen-bond donors (Lipinski definition) is 1. The van der Waals surface area contributed by atoms with E-state index in [1.165, 1.54) is 30.3 Å². The molecule has 0 saturated carbocycles. The molecule has 0 heterocycles. The average molecular weight is 448 g/mol. The van der Waals surface area contributed by atoms with E-state index in [9.17, 15) is 26.4 Å². The Labute approximate surface area is 171 Å². The number of nitrogens with one attached hydrogen (secondary N) is 1. The molecule has 1 amide bonds. The minimum absolute atomic E-state index is 0.210. The summed E-state index contributed by atoms with van der Waals surface area (Å²) in [4.78, 5) is 12.2. The van der Waals surface area contributed by atoms with Gasteiger partial charge in [0.05, 0.1) is 23.7 Å². The summed E-state index contributed by atoms with van der Waals surface area (Å²) in [6.45, 7) is 0.970. The summed E-state index contributed by atoms with van der Waals surface area (Å²) in [7, 11) is -3.84. The van der Waals surface area contributed by atoms with Crippen LogP contribution in [0.2, 0.25) is 5.02 Å². The maximum atomic E-state index is 13.0. The van der Waals surface area contributed by atoms with Crippen molar-refractivity contribution >= 4 is 39.4 Å². The van der Waals surface area contributed by atoms with Gasteiger partial charge in [0.2, 0.25) is 10.0 Å². The number of hydrazone groups is 1. The van der Waals surface area contributed by atoms with Crippen LogP contribution in [0.1, 0.15) is 16.7 Å². The van der Waals surface area contributed by atoms with Crippen molar-refractivity contribution in [3.63, 3.8) is 0 Å². The molecule has 2 aromatic rings. The highest BCUT2D eigenvalue weighted by Crippen LogP contribution is 2.31. The van der Waals surface area contributed by atoms with Crippen LogP contribution in [0.4, 0.5) is 18.9 Å². The number of hydrogen-bond acceptors (Lipinski definition) is 4. The topological polar surface area (TPSA) is 78.8 Å². The highest BCUT2D eigenvalue weighted by Gasteiger charge is 2.32. The number of sulfonamides is 1. The maximum Gasteiger partial charge on any atom is 0.417 e. The molecule has 0 saturated heterocycles. The number of benzene rings is 2. The Bertz CT molecular complexity index is 1040. The van der Waals surface area contributed by atoms with Crippen LogP contribution in [0.5, 0.6) is 0 Å². The zero-order valence-corrected chi connectivity index (χ0v) is 16.9. The minimum atomic E-state index is -4.58. The van der Waals surface area contributed by atoms with Gasteiger partial charge in [-0.3, -0.25) is 9.10 Å². The molecule has 2 rings (SSSR count). The van der Waals surface area contributed by atoms with E-state index in [0.29, 0.717) is 10.6 Å². The zero-order valence-electron chi connectivity index (χ0n) is 15.4. The van der Waals surface area contributed by atoms with Crippen molar-refractivity contribution in [1.29, 1.82) is 0 Å². The van der Waals surface area contributed by atoms with Gasteiger partial charge in [0.15, 0.2) is 0 Å². The molecule has 1 N–H and O–H groups in total. The first-order valence-electron chi connectivity index (χ1n) is 8.12. The van der Waals surface area contributed by atoms with E-state index in [1.807, 2.05) is 5.43 Å². The molecular formula is C18H17ClF3N3O3S. The molecule has 2 aromatic carbocycles. The smallest absolute Gasteiger partial charge is 0.271 e. The predicted molar refractivity (Wildman–Crippen MR) is 106 cm³/mol. The standard InChI is InChI=1S/C18H17ClF3N3O3S/c1-12-15(19)8-5-9-16(12)25(29(2,27)28)11-17(26)24-23-10-13-6-3-4-7-14(13)18(20,21)22/h3-10H,11H2,1-2H3,(H,24,26)/b23-10-. The van der Waals surface area contributed by atoms with Gasteiger partial charge in [-0.15, -0.1) is 0 Å². The fourth-order valence-corrected chi connectivity index (χ4v) is 3.53. The molecule has 0 bridgehead atoms. The van der Waals surface area contributed by atoms with Crippen molar-refractivity contribution in [3.05, 3.63) is 64.2 Å². The summed E-state index contributed by atoms with van der Waals surface area (Å²) < 4.78 is 64.0. The van der Waals surface area contributed by atoms with Crippen LogP contribution in [-0.4, -0.2) is 33.3 Å². The number of carbonyl (C=O) groups excluding carboxylic acids is 1. The third-order valence-electron chi connectivity index (χ3n) is 3.85. The quantitative estimate of drug-likeness (QED) is 0.543. The lowest BCUT2D eigenvalue weighted by atomic mass is 10.1. The van der Waals surface area contributed by atoms with Crippen LogP contribution < -0.4 is 9.73 Å². The highest BCUT2D eigenvalue weighted by atomic mass is 35.5. The molecule has 0 aliphatic carbocycles.